The van der Waals surface area contributed by atoms with Gasteiger partial charge in [-0.1, -0.05) is 6.92 Å². The van der Waals surface area contributed by atoms with Gasteiger partial charge in [-0.05, 0) is 6.42 Å². The van der Waals surface area contributed by atoms with Crippen LogP contribution in [0.3, 0.4) is 0 Å². The quantitative estimate of drug-likeness (QED) is 0.637. The summed E-state index contributed by atoms with van der Waals surface area (Å²) in [4.78, 5) is 0. The van der Waals surface area contributed by atoms with Crippen LogP contribution < -0.4 is 4.72 Å². The smallest absolute Gasteiger partial charge is 0.212 e. The van der Waals surface area contributed by atoms with E-state index < -0.39 is 10.0 Å². The van der Waals surface area contributed by atoms with Crippen molar-refractivity contribution in [1.29, 1.82) is 0 Å². The zero-order valence-electron chi connectivity index (χ0n) is 5.93. The Kier molecular flexibility index (Phi) is 5.03. The molecule has 0 unspecified atom stereocenters. The average Bonchev–Trinajstić information content (AvgIpc) is 1.84. The van der Waals surface area contributed by atoms with Gasteiger partial charge >= 0.3 is 0 Å². The van der Waals surface area contributed by atoms with Gasteiger partial charge in [-0.15, -0.1) is 11.6 Å². The molecule has 5 heteroatoms. The maximum absolute atomic E-state index is 10.8. The van der Waals surface area contributed by atoms with Crippen LogP contribution in [0, 0.1) is 0 Å². The van der Waals surface area contributed by atoms with E-state index in [0.29, 0.717) is 6.54 Å². The number of alkyl halides is 1. The molecule has 0 aromatic carbocycles. The third-order valence-corrected chi connectivity index (χ3v) is 2.72. The topological polar surface area (TPSA) is 46.2 Å². The van der Waals surface area contributed by atoms with Gasteiger partial charge in [0.2, 0.25) is 10.0 Å². The van der Waals surface area contributed by atoms with E-state index >= 15 is 0 Å². The first-order chi connectivity index (χ1) is 4.62. The lowest BCUT2D eigenvalue weighted by molar-refractivity contribution is 0.582. The summed E-state index contributed by atoms with van der Waals surface area (Å²) in [7, 11) is -3.08. The van der Waals surface area contributed by atoms with Crippen LogP contribution in [0.15, 0.2) is 0 Å². The summed E-state index contributed by atoms with van der Waals surface area (Å²) in [5.74, 6) is 0.160. The second-order valence-corrected chi connectivity index (χ2v) is 4.21. The number of hydrogen-bond acceptors (Lipinski definition) is 2. The Hall–Kier alpha value is 0.200. The van der Waals surface area contributed by atoms with Gasteiger partial charge < -0.3 is 0 Å². The molecule has 0 fully saturated rings. The lowest BCUT2D eigenvalue weighted by Gasteiger charge is -2.01. The SMILES string of the molecule is CCCNS(=O)(=O)CCCl. The highest BCUT2D eigenvalue weighted by molar-refractivity contribution is 7.89. The van der Waals surface area contributed by atoms with Crippen LogP contribution in [0.25, 0.3) is 0 Å². The Morgan fingerprint density at radius 3 is 2.50 bits per heavy atom. The number of nitrogens with one attached hydrogen (secondary N) is 1. The van der Waals surface area contributed by atoms with Crippen LogP contribution >= 0.6 is 11.6 Å². The van der Waals surface area contributed by atoms with Crippen molar-refractivity contribution in [2.45, 2.75) is 13.3 Å². The first kappa shape index (κ1) is 10.2. The molecule has 0 radical (unpaired) electrons. The van der Waals surface area contributed by atoms with E-state index in [0.717, 1.165) is 6.42 Å². The maximum atomic E-state index is 10.8. The minimum atomic E-state index is -3.08. The molecule has 0 aliphatic rings. The van der Waals surface area contributed by atoms with Gasteiger partial charge in [-0.25, -0.2) is 13.1 Å². The summed E-state index contributed by atoms with van der Waals surface area (Å²) in [6, 6.07) is 0. The molecule has 10 heavy (non-hydrogen) atoms. The molecule has 0 heterocycles. The fraction of sp³-hybridized carbons (Fsp3) is 1.00. The Bertz CT molecular complexity index is 166. The van der Waals surface area contributed by atoms with Crippen LogP contribution in [0.5, 0.6) is 0 Å². The molecule has 0 aromatic rings. The predicted molar refractivity (Wildman–Crippen MR) is 42.8 cm³/mol. The lowest BCUT2D eigenvalue weighted by Crippen LogP contribution is -2.27. The molecule has 0 spiro atoms. The van der Waals surface area contributed by atoms with Crippen molar-refractivity contribution in [2.75, 3.05) is 18.2 Å². The summed E-state index contributed by atoms with van der Waals surface area (Å²) in [5, 5.41) is 0. The normalized spacial score (nSPS) is 11.8. The van der Waals surface area contributed by atoms with E-state index in [-0.39, 0.29) is 11.6 Å². The van der Waals surface area contributed by atoms with Crippen molar-refractivity contribution in [3.8, 4) is 0 Å². The highest BCUT2D eigenvalue weighted by Crippen LogP contribution is 1.86. The second kappa shape index (κ2) is 4.93. The van der Waals surface area contributed by atoms with Crippen LogP contribution in [0.4, 0.5) is 0 Å². The summed E-state index contributed by atoms with van der Waals surface area (Å²) >= 11 is 5.25. The second-order valence-electron chi connectivity index (χ2n) is 1.90. The van der Waals surface area contributed by atoms with Crippen molar-refractivity contribution < 1.29 is 8.42 Å². The van der Waals surface area contributed by atoms with E-state index in [1.54, 1.807) is 0 Å². The predicted octanol–water partition coefficient (Wildman–Crippen LogP) is 0.555. The Balaban J connectivity index is 3.65. The highest BCUT2D eigenvalue weighted by atomic mass is 35.5. The van der Waals surface area contributed by atoms with Gasteiger partial charge in [0.05, 0.1) is 5.75 Å². The standard InChI is InChI=1S/C5H12ClNO2S/c1-2-4-7-10(8,9)5-3-6/h7H,2-5H2,1H3. The molecular weight excluding hydrogens is 174 g/mol. The molecule has 62 valence electrons. The number of rotatable bonds is 5. The van der Waals surface area contributed by atoms with Crippen molar-refractivity contribution in [3.05, 3.63) is 0 Å². The Labute approximate surface area is 66.8 Å². The molecule has 0 atom stereocenters. The molecule has 0 saturated carbocycles. The number of sulfonamides is 1. The summed E-state index contributed by atoms with van der Waals surface area (Å²) in [6.45, 7) is 2.41. The van der Waals surface area contributed by atoms with Crippen LogP contribution in [-0.2, 0) is 10.0 Å². The molecule has 0 bridgehead atoms. The molecule has 0 saturated heterocycles. The Morgan fingerprint density at radius 1 is 1.50 bits per heavy atom. The van der Waals surface area contributed by atoms with Crippen molar-refractivity contribution in [3.63, 3.8) is 0 Å². The molecular formula is C5H12ClNO2S. The van der Waals surface area contributed by atoms with Crippen LogP contribution in [0.1, 0.15) is 13.3 Å². The highest BCUT2D eigenvalue weighted by Gasteiger charge is 2.05. The summed E-state index contributed by atoms with van der Waals surface area (Å²) in [6.07, 6.45) is 0.807. The largest absolute Gasteiger partial charge is 0.215 e. The van der Waals surface area contributed by atoms with E-state index in [1.807, 2.05) is 6.92 Å². The average molecular weight is 186 g/mol. The van der Waals surface area contributed by atoms with E-state index in [4.69, 9.17) is 11.6 Å². The van der Waals surface area contributed by atoms with Crippen molar-refractivity contribution in [1.82, 2.24) is 4.72 Å². The van der Waals surface area contributed by atoms with E-state index in [1.165, 1.54) is 0 Å². The molecule has 0 amide bonds. The van der Waals surface area contributed by atoms with Gasteiger partial charge in [0.25, 0.3) is 0 Å². The molecule has 1 N–H and O–H groups in total. The van der Waals surface area contributed by atoms with E-state index in [9.17, 15) is 8.42 Å². The first-order valence-corrected chi connectivity index (χ1v) is 5.34. The van der Waals surface area contributed by atoms with Gasteiger partial charge in [-0.3, -0.25) is 0 Å². The zero-order valence-corrected chi connectivity index (χ0v) is 7.50. The third kappa shape index (κ3) is 5.02. The van der Waals surface area contributed by atoms with Gasteiger partial charge in [0.15, 0.2) is 0 Å². The number of halogens is 1. The molecule has 3 nitrogen and oxygen atoms in total. The van der Waals surface area contributed by atoms with E-state index in [2.05, 4.69) is 4.72 Å². The summed E-state index contributed by atoms with van der Waals surface area (Å²) < 4.78 is 24.0. The summed E-state index contributed by atoms with van der Waals surface area (Å²) in [5.41, 5.74) is 0. The minimum Gasteiger partial charge on any atom is -0.215 e. The molecule has 0 aromatic heterocycles. The molecule has 0 aliphatic carbocycles. The molecule has 0 rings (SSSR count). The minimum absolute atomic E-state index is 0.00849. The first-order valence-electron chi connectivity index (χ1n) is 3.15. The maximum Gasteiger partial charge on any atom is 0.212 e. The zero-order chi connectivity index (χ0) is 8.04. The third-order valence-electron chi connectivity index (χ3n) is 0.918. The van der Waals surface area contributed by atoms with Crippen molar-refractivity contribution in [2.24, 2.45) is 0 Å². The van der Waals surface area contributed by atoms with Crippen molar-refractivity contribution >= 4 is 21.6 Å². The fourth-order valence-electron chi connectivity index (χ4n) is 0.431. The van der Waals surface area contributed by atoms with Gasteiger partial charge in [0.1, 0.15) is 0 Å². The van der Waals surface area contributed by atoms with Gasteiger partial charge in [0, 0.05) is 12.4 Å². The van der Waals surface area contributed by atoms with Gasteiger partial charge in [-0.2, -0.15) is 0 Å². The van der Waals surface area contributed by atoms with Crippen LogP contribution in [-0.4, -0.2) is 26.6 Å². The molecule has 0 aliphatic heterocycles. The Morgan fingerprint density at radius 2 is 2.10 bits per heavy atom. The van der Waals surface area contributed by atoms with Crippen LogP contribution in [0.2, 0.25) is 0 Å². The fourth-order valence-corrected chi connectivity index (χ4v) is 1.90. The number of hydrogen-bond donors (Lipinski definition) is 1. The lowest BCUT2D eigenvalue weighted by atomic mass is 10.5. The monoisotopic (exact) mass is 185 g/mol.